The van der Waals surface area contributed by atoms with Gasteiger partial charge < -0.3 is 10.1 Å². The van der Waals surface area contributed by atoms with E-state index in [4.69, 9.17) is 0 Å². The summed E-state index contributed by atoms with van der Waals surface area (Å²) in [7, 11) is 0. The van der Waals surface area contributed by atoms with Crippen LogP contribution in [-0.4, -0.2) is 16.1 Å². The minimum absolute atomic E-state index is 0.338. The minimum Gasteiger partial charge on any atom is -0.481 e. The molecule has 0 aliphatic heterocycles. The van der Waals surface area contributed by atoms with Crippen molar-refractivity contribution in [3.63, 3.8) is 0 Å². The quantitative estimate of drug-likeness (QED) is 0.850. The Morgan fingerprint density at radius 2 is 2.33 bits per heavy atom. The maximum Gasteiger partial charge on any atom is 0.311 e. The first-order valence-corrected chi connectivity index (χ1v) is 6.57. The third-order valence-electron chi connectivity index (χ3n) is 3.96. The van der Waals surface area contributed by atoms with Crippen molar-refractivity contribution in [1.82, 2.24) is 4.98 Å². The molecular weight excluding hydrogens is 226 g/mol. The molecular formula is C15H17NO2. The van der Waals surface area contributed by atoms with Crippen LogP contribution >= 0.6 is 0 Å². The molecule has 1 aromatic carbocycles. The van der Waals surface area contributed by atoms with Gasteiger partial charge in [0, 0.05) is 16.6 Å². The van der Waals surface area contributed by atoms with E-state index in [9.17, 15) is 9.90 Å². The van der Waals surface area contributed by atoms with Crippen LogP contribution in [0.15, 0.2) is 18.2 Å². The van der Waals surface area contributed by atoms with Crippen LogP contribution in [0.4, 0.5) is 0 Å². The summed E-state index contributed by atoms with van der Waals surface area (Å²) in [5, 5.41) is 10.5. The molecule has 0 radical (unpaired) electrons. The predicted octanol–water partition coefficient (Wildman–Crippen LogP) is 3.23. The number of aryl methyl sites for hydroxylation is 2. The van der Waals surface area contributed by atoms with Gasteiger partial charge >= 0.3 is 5.97 Å². The summed E-state index contributed by atoms with van der Waals surface area (Å²) < 4.78 is 0. The molecule has 0 saturated carbocycles. The summed E-state index contributed by atoms with van der Waals surface area (Å²) in [6.45, 7) is 2.12. The third kappa shape index (κ3) is 1.62. The summed E-state index contributed by atoms with van der Waals surface area (Å²) in [4.78, 5) is 14.8. The fraction of sp³-hybridized carbons (Fsp3) is 0.400. The van der Waals surface area contributed by atoms with E-state index < -0.39 is 5.97 Å². The lowest BCUT2D eigenvalue weighted by Crippen LogP contribution is -2.17. The van der Waals surface area contributed by atoms with Crippen molar-refractivity contribution >= 4 is 16.9 Å². The van der Waals surface area contributed by atoms with Crippen molar-refractivity contribution in [3.05, 3.63) is 35.0 Å². The number of nitrogens with one attached hydrogen (secondary N) is 1. The van der Waals surface area contributed by atoms with Crippen LogP contribution in [0.1, 0.15) is 42.5 Å². The van der Waals surface area contributed by atoms with E-state index in [0.29, 0.717) is 0 Å². The highest BCUT2D eigenvalue weighted by molar-refractivity contribution is 5.91. The summed E-state index contributed by atoms with van der Waals surface area (Å²) in [5.74, 6) is -1.03. The van der Waals surface area contributed by atoms with Crippen molar-refractivity contribution in [3.8, 4) is 0 Å². The van der Waals surface area contributed by atoms with Crippen LogP contribution in [0.5, 0.6) is 0 Å². The van der Waals surface area contributed by atoms with Crippen LogP contribution in [0.3, 0.4) is 0 Å². The molecule has 1 heterocycles. The molecule has 0 saturated heterocycles. The molecule has 3 heteroatoms. The van der Waals surface area contributed by atoms with Crippen LogP contribution in [0.2, 0.25) is 0 Å². The first kappa shape index (κ1) is 11.3. The zero-order chi connectivity index (χ0) is 12.7. The van der Waals surface area contributed by atoms with Gasteiger partial charge in [-0.15, -0.1) is 0 Å². The topological polar surface area (TPSA) is 53.1 Å². The van der Waals surface area contributed by atoms with Crippen molar-refractivity contribution in [2.24, 2.45) is 0 Å². The SMILES string of the molecule is CCc1ccc2[nH]c3c(c2c1)C(C(=O)O)CCC3. The number of rotatable bonds is 2. The molecule has 0 fully saturated rings. The Bertz CT molecular complexity index is 612. The first-order chi connectivity index (χ1) is 8.70. The smallest absolute Gasteiger partial charge is 0.311 e. The molecule has 0 spiro atoms. The second-order valence-corrected chi connectivity index (χ2v) is 5.03. The number of fused-ring (bicyclic) bond motifs is 3. The van der Waals surface area contributed by atoms with Crippen LogP contribution in [0, 0.1) is 0 Å². The van der Waals surface area contributed by atoms with Crippen LogP contribution in [0.25, 0.3) is 10.9 Å². The monoisotopic (exact) mass is 243 g/mol. The number of carboxylic acids is 1. The second-order valence-electron chi connectivity index (χ2n) is 5.03. The first-order valence-electron chi connectivity index (χ1n) is 6.57. The van der Waals surface area contributed by atoms with Crippen molar-refractivity contribution in [1.29, 1.82) is 0 Å². The summed E-state index contributed by atoms with van der Waals surface area (Å²) in [6, 6.07) is 6.33. The van der Waals surface area contributed by atoms with E-state index >= 15 is 0 Å². The van der Waals surface area contributed by atoms with E-state index in [2.05, 4.69) is 30.1 Å². The Hall–Kier alpha value is -1.77. The molecule has 2 N–H and O–H groups in total. The lowest BCUT2D eigenvalue weighted by molar-refractivity contribution is -0.139. The highest BCUT2D eigenvalue weighted by Crippen LogP contribution is 2.37. The zero-order valence-electron chi connectivity index (χ0n) is 10.5. The molecule has 2 aromatic rings. The molecule has 1 aromatic heterocycles. The number of hydrogen-bond donors (Lipinski definition) is 2. The lowest BCUT2D eigenvalue weighted by atomic mass is 9.85. The Balaban J connectivity index is 2.25. The van der Waals surface area contributed by atoms with E-state index in [1.165, 1.54) is 5.56 Å². The molecule has 1 aliphatic carbocycles. The molecule has 94 valence electrons. The molecule has 3 nitrogen and oxygen atoms in total. The average Bonchev–Trinajstić information content (AvgIpc) is 2.75. The normalized spacial score (nSPS) is 18.8. The van der Waals surface area contributed by atoms with Crippen LogP contribution in [-0.2, 0) is 17.6 Å². The molecule has 18 heavy (non-hydrogen) atoms. The van der Waals surface area contributed by atoms with E-state index in [1.54, 1.807) is 0 Å². The zero-order valence-corrected chi connectivity index (χ0v) is 10.5. The van der Waals surface area contributed by atoms with Gasteiger partial charge in [-0.2, -0.15) is 0 Å². The number of carbonyl (C=O) groups is 1. The van der Waals surface area contributed by atoms with Crippen molar-refractivity contribution < 1.29 is 9.90 Å². The highest BCUT2D eigenvalue weighted by Gasteiger charge is 2.29. The Labute approximate surface area is 106 Å². The predicted molar refractivity (Wildman–Crippen MR) is 71.0 cm³/mol. The second kappa shape index (κ2) is 4.16. The number of carboxylic acid groups (broad SMARTS) is 1. The van der Waals surface area contributed by atoms with Gasteiger partial charge in [-0.25, -0.2) is 0 Å². The largest absolute Gasteiger partial charge is 0.481 e. The van der Waals surface area contributed by atoms with E-state index in [-0.39, 0.29) is 5.92 Å². The van der Waals surface area contributed by atoms with Gasteiger partial charge in [0.2, 0.25) is 0 Å². The molecule has 1 atom stereocenters. The van der Waals surface area contributed by atoms with Gasteiger partial charge in [0.15, 0.2) is 0 Å². The molecule has 0 bridgehead atoms. The Morgan fingerprint density at radius 1 is 1.50 bits per heavy atom. The third-order valence-corrected chi connectivity index (χ3v) is 3.96. The number of H-pyrrole nitrogens is 1. The fourth-order valence-corrected chi connectivity index (χ4v) is 3.01. The average molecular weight is 243 g/mol. The maximum atomic E-state index is 11.4. The maximum absolute atomic E-state index is 11.4. The Kier molecular flexibility index (Phi) is 2.62. The lowest BCUT2D eigenvalue weighted by Gasteiger charge is -2.19. The molecule has 1 unspecified atom stereocenters. The Morgan fingerprint density at radius 3 is 3.06 bits per heavy atom. The molecule has 0 amide bonds. The van der Waals surface area contributed by atoms with Crippen molar-refractivity contribution in [2.75, 3.05) is 0 Å². The van der Waals surface area contributed by atoms with E-state index in [0.717, 1.165) is 47.8 Å². The molecule has 1 aliphatic rings. The standard InChI is InChI=1S/C15H17NO2/c1-2-9-6-7-12-11(8-9)14-10(15(17)18)4-3-5-13(14)16-12/h6-8,10,16H,2-5H2,1H3,(H,17,18). The van der Waals surface area contributed by atoms with Gasteiger partial charge in [0.1, 0.15) is 0 Å². The van der Waals surface area contributed by atoms with Crippen molar-refractivity contribution in [2.45, 2.75) is 38.5 Å². The van der Waals surface area contributed by atoms with Gasteiger partial charge in [-0.3, -0.25) is 4.79 Å². The number of hydrogen-bond acceptors (Lipinski definition) is 1. The highest BCUT2D eigenvalue weighted by atomic mass is 16.4. The summed E-state index contributed by atoms with van der Waals surface area (Å²) >= 11 is 0. The number of aromatic nitrogens is 1. The minimum atomic E-state index is -0.696. The van der Waals surface area contributed by atoms with Crippen LogP contribution < -0.4 is 0 Å². The molecule has 3 rings (SSSR count). The van der Waals surface area contributed by atoms with Gasteiger partial charge in [-0.05, 0) is 48.9 Å². The number of benzene rings is 1. The van der Waals surface area contributed by atoms with Gasteiger partial charge in [0.25, 0.3) is 0 Å². The number of aromatic amines is 1. The summed E-state index contributed by atoms with van der Waals surface area (Å²) in [5.41, 5.74) is 4.49. The fourth-order valence-electron chi connectivity index (χ4n) is 3.01. The van der Waals surface area contributed by atoms with Gasteiger partial charge in [0.05, 0.1) is 5.92 Å². The van der Waals surface area contributed by atoms with E-state index in [1.807, 2.05) is 0 Å². The number of aliphatic carboxylic acids is 1. The summed E-state index contributed by atoms with van der Waals surface area (Å²) in [6.07, 6.45) is 3.66. The van der Waals surface area contributed by atoms with Gasteiger partial charge in [-0.1, -0.05) is 13.0 Å².